The van der Waals surface area contributed by atoms with Gasteiger partial charge in [-0.15, -0.1) is 30.6 Å². The Morgan fingerprint density at radius 2 is 2.10 bits per heavy atom. The van der Waals surface area contributed by atoms with Gasteiger partial charge in [0.15, 0.2) is 5.96 Å². The highest BCUT2D eigenvalue weighted by molar-refractivity contribution is 14.0. The first kappa shape index (κ1) is 24.2. The minimum Gasteiger partial charge on any atom is -0.469 e. The van der Waals surface area contributed by atoms with E-state index >= 15 is 0 Å². The monoisotopic (exact) mass is 536 g/mol. The Morgan fingerprint density at radius 3 is 2.79 bits per heavy atom. The van der Waals surface area contributed by atoms with Crippen LogP contribution in [0.2, 0.25) is 0 Å². The van der Waals surface area contributed by atoms with E-state index in [1.54, 1.807) is 12.3 Å². The Balaban J connectivity index is 0.00000300. The molecule has 29 heavy (non-hydrogen) atoms. The number of rotatable bonds is 8. The summed E-state index contributed by atoms with van der Waals surface area (Å²) in [6.07, 6.45) is 9.82. The van der Waals surface area contributed by atoms with Crippen LogP contribution in [0, 0.1) is 0 Å². The average molecular weight is 536 g/mol. The summed E-state index contributed by atoms with van der Waals surface area (Å²) < 4.78 is 34.0. The molecule has 1 aromatic rings. The fourth-order valence-electron chi connectivity index (χ4n) is 3.91. The zero-order chi connectivity index (χ0) is 19.8. The van der Waals surface area contributed by atoms with Crippen LogP contribution in [0.15, 0.2) is 40.5 Å². The lowest BCUT2D eigenvalue weighted by Gasteiger charge is -2.35. The molecule has 1 saturated carbocycles. The summed E-state index contributed by atoms with van der Waals surface area (Å²) >= 11 is 0. The molecule has 0 aromatic carbocycles. The molecule has 7 nitrogen and oxygen atoms in total. The highest BCUT2D eigenvalue weighted by Crippen LogP contribution is 2.22. The molecular formula is C20H33IN4O3S. The van der Waals surface area contributed by atoms with Crippen molar-refractivity contribution in [3.05, 3.63) is 36.8 Å². The third kappa shape index (κ3) is 7.29. The zero-order valence-corrected chi connectivity index (χ0v) is 20.0. The summed E-state index contributed by atoms with van der Waals surface area (Å²) in [5, 5.41) is 2.88. The molecule has 164 valence electrons. The Bertz CT molecular complexity index is 746. The summed E-state index contributed by atoms with van der Waals surface area (Å²) in [5.74, 6) is 1.64. The van der Waals surface area contributed by atoms with Crippen molar-refractivity contribution in [2.45, 2.75) is 56.2 Å². The van der Waals surface area contributed by atoms with E-state index in [-0.39, 0.29) is 30.0 Å². The molecule has 2 fully saturated rings. The normalized spacial score (nSPS) is 21.0. The summed E-state index contributed by atoms with van der Waals surface area (Å²) in [7, 11) is -3.32. The second-order valence-corrected chi connectivity index (χ2v) is 9.55. The summed E-state index contributed by atoms with van der Waals surface area (Å²) in [6, 6.07) is 3.92. The van der Waals surface area contributed by atoms with Gasteiger partial charge in [0.05, 0.1) is 11.5 Å². The number of hydrogen-bond donors (Lipinski definition) is 2. The van der Waals surface area contributed by atoms with Gasteiger partial charge in [0, 0.05) is 38.6 Å². The van der Waals surface area contributed by atoms with Crippen molar-refractivity contribution in [2.24, 2.45) is 4.99 Å². The van der Waals surface area contributed by atoms with Gasteiger partial charge >= 0.3 is 0 Å². The van der Waals surface area contributed by atoms with Crippen molar-refractivity contribution < 1.29 is 12.8 Å². The van der Waals surface area contributed by atoms with Crippen LogP contribution in [0.1, 0.15) is 44.3 Å². The first-order chi connectivity index (χ1) is 13.6. The second kappa shape index (κ2) is 11.9. The van der Waals surface area contributed by atoms with Crippen LogP contribution in [0.25, 0.3) is 0 Å². The van der Waals surface area contributed by atoms with Gasteiger partial charge in [-0.3, -0.25) is 4.99 Å². The lowest BCUT2D eigenvalue weighted by atomic mass is 10.1. The van der Waals surface area contributed by atoms with Gasteiger partial charge in [-0.25, -0.2) is 13.1 Å². The minimum absolute atomic E-state index is 0. The topological polar surface area (TPSA) is 86.9 Å². The van der Waals surface area contributed by atoms with Gasteiger partial charge in [0.2, 0.25) is 10.0 Å². The van der Waals surface area contributed by atoms with Crippen LogP contribution < -0.4 is 10.0 Å². The molecule has 0 radical (unpaired) electrons. The molecule has 3 rings (SSSR count). The van der Waals surface area contributed by atoms with Crippen LogP contribution in [0.4, 0.5) is 0 Å². The van der Waals surface area contributed by atoms with E-state index in [1.807, 2.05) is 12.1 Å². The number of sulfonamides is 1. The molecule has 1 aliphatic carbocycles. The van der Waals surface area contributed by atoms with Crippen molar-refractivity contribution in [2.75, 3.05) is 26.2 Å². The number of likely N-dealkylation sites (tertiary alicyclic amines) is 1. The number of halogens is 1. The highest BCUT2D eigenvalue weighted by atomic mass is 127. The molecule has 2 N–H and O–H groups in total. The van der Waals surface area contributed by atoms with E-state index in [2.05, 4.69) is 26.5 Å². The van der Waals surface area contributed by atoms with Crippen LogP contribution in [-0.2, 0) is 16.4 Å². The molecule has 1 aromatic heterocycles. The molecule has 2 heterocycles. The van der Waals surface area contributed by atoms with Crippen molar-refractivity contribution in [1.82, 2.24) is 14.9 Å². The van der Waals surface area contributed by atoms with Crippen molar-refractivity contribution in [3.63, 3.8) is 0 Å². The fourth-order valence-corrected chi connectivity index (χ4v) is 5.66. The lowest BCUT2D eigenvalue weighted by molar-refractivity contribution is 0.329. The maximum absolute atomic E-state index is 12.9. The van der Waals surface area contributed by atoms with Crippen molar-refractivity contribution >= 4 is 40.0 Å². The van der Waals surface area contributed by atoms with Gasteiger partial charge in [0.1, 0.15) is 5.76 Å². The number of piperidine rings is 1. The quantitative estimate of drug-likeness (QED) is 0.231. The van der Waals surface area contributed by atoms with Gasteiger partial charge in [-0.05, 0) is 37.8 Å². The largest absolute Gasteiger partial charge is 0.469 e. The van der Waals surface area contributed by atoms with Crippen LogP contribution in [0.3, 0.4) is 0 Å². The van der Waals surface area contributed by atoms with Gasteiger partial charge in [-0.2, -0.15) is 0 Å². The van der Waals surface area contributed by atoms with E-state index in [0.29, 0.717) is 32.5 Å². The van der Waals surface area contributed by atoms with E-state index in [9.17, 15) is 8.42 Å². The number of nitrogens with zero attached hydrogens (tertiary/aromatic N) is 2. The standard InChI is InChI=1S/C20H32N4O3S.HI/c1-2-12-21-20(22-13-11-18-9-6-15-27-18)24-14-5-10-19(16-24)28(25,26)23-17-7-3-4-8-17;/h2,6,9,15,17,19,23H,1,3-5,7-8,10-14,16H2,(H,21,22);1H. The second-order valence-electron chi connectivity index (χ2n) is 7.56. The molecule has 1 atom stereocenters. The van der Waals surface area contributed by atoms with Gasteiger partial charge < -0.3 is 14.6 Å². The number of hydrogen-bond acceptors (Lipinski definition) is 4. The molecule has 1 saturated heterocycles. The summed E-state index contributed by atoms with van der Waals surface area (Å²) in [6.45, 7) is 6.20. The van der Waals surface area contributed by atoms with Gasteiger partial charge in [-0.1, -0.05) is 18.9 Å². The Labute approximate surface area is 191 Å². The minimum atomic E-state index is -3.32. The molecule has 2 aliphatic rings. The fraction of sp³-hybridized carbons (Fsp3) is 0.650. The maximum atomic E-state index is 12.9. The molecule has 0 spiro atoms. The molecular weight excluding hydrogens is 503 g/mol. The first-order valence-electron chi connectivity index (χ1n) is 10.3. The zero-order valence-electron chi connectivity index (χ0n) is 16.9. The third-order valence-corrected chi connectivity index (χ3v) is 7.33. The first-order valence-corrected chi connectivity index (χ1v) is 11.8. The lowest BCUT2D eigenvalue weighted by Crippen LogP contribution is -2.52. The average Bonchev–Trinajstić information content (AvgIpc) is 3.38. The van der Waals surface area contributed by atoms with E-state index < -0.39 is 15.3 Å². The van der Waals surface area contributed by atoms with Crippen LogP contribution >= 0.6 is 24.0 Å². The third-order valence-electron chi connectivity index (χ3n) is 5.41. The number of nitrogens with one attached hydrogen (secondary N) is 2. The maximum Gasteiger partial charge on any atom is 0.216 e. The molecule has 1 unspecified atom stereocenters. The molecule has 0 bridgehead atoms. The SMILES string of the molecule is C=CCNC(=NCCc1ccco1)N1CCCC(S(=O)(=O)NC2CCCC2)C1.I. The van der Waals surface area contributed by atoms with Gasteiger partial charge in [0.25, 0.3) is 0 Å². The Hall–Kier alpha value is -1.07. The van der Waals surface area contributed by atoms with Crippen LogP contribution in [-0.4, -0.2) is 56.7 Å². The smallest absolute Gasteiger partial charge is 0.216 e. The molecule has 1 aliphatic heterocycles. The molecule has 9 heteroatoms. The molecule has 0 amide bonds. The predicted molar refractivity (Wildman–Crippen MR) is 127 cm³/mol. The van der Waals surface area contributed by atoms with Crippen molar-refractivity contribution in [3.8, 4) is 0 Å². The Morgan fingerprint density at radius 1 is 1.31 bits per heavy atom. The number of furan rings is 1. The van der Waals surface area contributed by atoms with E-state index in [0.717, 1.165) is 50.4 Å². The highest BCUT2D eigenvalue weighted by Gasteiger charge is 2.34. The number of guanidine groups is 1. The summed E-state index contributed by atoms with van der Waals surface area (Å²) in [4.78, 5) is 6.75. The van der Waals surface area contributed by atoms with Crippen LogP contribution in [0.5, 0.6) is 0 Å². The Kier molecular flexibility index (Phi) is 9.97. The van der Waals surface area contributed by atoms with E-state index in [4.69, 9.17) is 4.42 Å². The predicted octanol–water partition coefficient (Wildman–Crippen LogP) is 2.90. The van der Waals surface area contributed by atoms with Crippen molar-refractivity contribution in [1.29, 1.82) is 0 Å². The number of aliphatic imine (C=N–C) groups is 1. The van der Waals surface area contributed by atoms with E-state index in [1.165, 1.54) is 0 Å². The summed E-state index contributed by atoms with van der Waals surface area (Å²) in [5.41, 5.74) is 0.